The molecule has 0 N–H and O–H groups in total. The van der Waals surface area contributed by atoms with Gasteiger partial charge >= 0.3 is 0 Å². The van der Waals surface area contributed by atoms with Gasteiger partial charge in [0.05, 0.1) is 4.90 Å². The lowest BCUT2D eigenvalue weighted by atomic mass is 10.2. The molecule has 0 aliphatic carbocycles. The minimum Gasteiger partial charge on any atom is -0.225 e. The number of hydrogen-bond donors (Lipinski definition) is 0. The number of aryl methyl sites for hydroxylation is 1. The Bertz CT molecular complexity index is 605. The Morgan fingerprint density at radius 3 is 2.59 bits per heavy atom. The molecule has 6 heteroatoms. The molecular formula is C11H9ClN2O2S. The molecule has 1 aromatic carbocycles. The molecule has 0 radical (unpaired) electrons. The normalized spacial score (nSPS) is 11.4. The van der Waals surface area contributed by atoms with E-state index in [1.54, 1.807) is 12.1 Å². The average Bonchev–Trinajstić information content (AvgIpc) is 2.29. The Hall–Kier alpha value is -1.46. The number of sulfone groups is 1. The van der Waals surface area contributed by atoms with Gasteiger partial charge in [-0.25, -0.2) is 18.4 Å². The first-order valence-electron chi connectivity index (χ1n) is 4.79. The third-order valence-electron chi connectivity index (χ3n) is 2.18. The Morgan fingerprint density at radius 2 is 1.94 bits per heavy atom. The average molecular weight is 269 g/mol. The fourth-order valence-corrected chi connectivity index (χ4v) is 2.87. The van der Waals surface area contributed by atoms with Crippen LogP contribution in [0.15, 0.2) is 46.6 Å². The zero-order chi connectivity index (χ0) is 12.5. The van der Waals surface area contributed by atoms with E-state index in [2.05, 4.69) is 9.97 Å². The smallest absolute Gasteiger partial charge is 0.224 e. The molecule has 0 atom stereocenters. The zero-order valence-electron chi connectivity index (χ0n) is 8.96. The molecule has 0 bridgehead atoms. The summed E-state index contributed by atoms with van der Waals surface area (Å²) in [7, 11) is -3.62. The van der Waals surface area contributed by atoms with E-state index >= 15 is 0 Å². The van der Waals surface area contributed by atoms with Crippen molar-refractivity contribution in [1.82, 2.24) is 9.97 Å². The maximum atomic E-state index is 12.2. The topological polar surface area (TPSA) is 59.9 Å². The van der Waals surface area contributed by atoms with Crippen LogP contribution in [0, 0.1) is 6.92 Å². The van der Waals surface area contributed by atoms with Crippen LogP contribution in [0.1, 0.15) is 5.56 Å². The summed E-state index contributed by atoms with van der Waals surface area (Å²) in [5.74, 6) is 0. The lowest BCUT2D eigenvalue weighted by molar-refractivity contribution is 0.592. The molecule has 4 nitrogen and oxygen atoms in total. The van der Waals surface area contributed by atoms with Gasteiger partial charge in [0.2, 0.25) is 9.84 Å². The quantitative estimate of drug-likeness (QED) is 0.784. The minimum atomic E-state index is -3.62. The lowest BCUT2D eigenvalue weighted by Crippen LogP contribution is -2.05. The second-order valence-corrected chi connectivity index (χ2v) is 5.78. The van der Waals surface area contributed by atoms with Gasteiger partial charge in [-0.15, -0.1) is 0 Å². The van der Waals surface area contributed by atoms with Crippen molar-refractivity contribution < 1.29 is 8.42 Å². The van der Waals surface area contributed by atoms with Crippen LogP contribution < -0.4 is 0 Å². The van der Waals surface area contributed by atoms with Gasteiger partial charge in [0.1, 0.15) is 11.5 Å². The van der Waals surface area contributed by atoms with Crippen molar-refractivity contribution in [3.05, 3.63) is 47.4 Å². The molecule has 0 unspecified atom stereocenters. The molecule has 0 spiro atoms. The number of halogens is 1. The van der Waals surface area contributed by atoms with E-state index in [-0.39, 0.29) is 15.1 Å². The summed E-state index contributed by atoms with van der Waals surface area (Å²) in [6, 6.07) is 7.86. The molecule has 2 aromatic rings. The van der Waals surface area contributed by atoms with Crippen molar-refractivity contribution in [2.24, 2.45) is 0 Å². The molecule has 88 valence electrons. The van der Waals surface area contributed by atoms with Gasteiger partial charge in [-0.1, -0.05) is 23.7 Å². The molecule has 1 heterocycles. The molecule has 1 aromatic heterocycles. The Balaban J connectivity index is 2.58. The highest BCUT2D eigenvalue weighted by molar-refractivity contribution is 7.91. The van der Waals surface area contributed by atoms with Crippen LogP contribution >= 0.6 is 11.6 Å². The van der Waals surface area contributed by atoms with Crippen molar-refractivity contribution >= 4 is 21.4 Å². The number of hydrogen-bond acceptors (Lipinski definition) is 4. The first kappa shape index (κ1) is 12.0. The molecular weight excluding hydrogens is 260 g/mol. The van der Waals surface area contributed by atoms with Crippen LogP contribution in [0.2, 0.25) is 5.15 Å². The van der Waals surface area contributed by atoms with Crippen LogP contribution in [0.5, 0.6) is 0 Å². The monoisotopic (exact) mass is 268 g/mol. The number of aromatic nitrogens is 2. The van der Waals surface area contributed by atoms with Crippen molar-refractivity contribution in [2.75, 3.05) is 0 Å². The van der Waals surface area contributed by atoms with Crippen molar-refractivity contribution in [3.63, 3.8) is 0 Å². The van der Waals surface area contributed by atoms with Gasteiger partial charge in [-0.05, 0) is 24.6 Å². The summed E-state index contributed by atoms with van der Waals surface area (Å²) in [5.41, 5.74) is 0.867. The first-order chi connectivity index (χ1) is 8.00. The van der Waals surface area contributed by atoms with Gasteiger partial charge in [-0.3, -0.25) is 0 Å². The lowest BCUT2D eigenvalue weighted by Gasteiger charge is -2.04. The summed E-state index contributed by atoms with van der Waals surface area (Å²) >= 11 is 5.65. The largest absolute Gasteiger partial charge is 0.225 e. The molecule has 0 fully saturated rings. The third kappa shape index (κ3) is 2.45. The van der Waals surface area contributed by atoms with Crippen LogP contribution in [-0.2, 0) is 9.84 Å². The Morgan fingerprint density at radius 1 is 1.18 bits per heavy atom. The van der Waals surface area contributed by atoms with E-state index in [9.17, 15) is 8.42 Å². The zero-order valence-corrected chi connectivity index (χ0v) is 10.5. The fourth-order valence-electron chi connectivity index (χ4n) is 1.37. The van der Waals surface area contributed by atoms with Crippen LogP contribution in [-0.4, -0.2) is 18.4 Å². The fraction of sp³-hybridized carbons (Fsp3) is 0.0909. The second kappa shape index (κ2) is 4.43. The molecule has 0 saturated carbocycles. The van der Waals surface area contributed by atoms with E-state index in [1.807, 2.05) is 13.0 Å². The van der Waals surface area contributed by atoms with Crippen LogP contribution in [0.4, 0.5) is 0 Å². The highest BCUT2D eigenvalue weighted by atomic mass is 35.5. The van der Waals surface area contributed by atoms with Gasteiger partial charge in [0.25, 0.3) is 0 Å². The summed E-state index contributed by atoms with van der Waals surface area (Å²) < 4.78 is 24.4. The standard InChI is InChI=1S/C11H9ClN2O2S/c1-8-3-2-4-9(5-8)17(15,16)11-6-10(12)13-7-14-11/h2-7H,1H3. The Kier molecular flexibility index (Phi) is 3.13. The number of benzene rings is 1. The van der Waals surface area contributed by atoms with Gasteiger partial charge in [-0.2, -0.15) is 0 Å². The molecule has 0 aliphatic rings. The van der Waals surface area contributed by atoms with Crippen molar-refractivity contribution in [1.29, 1.82) is 0 Å². The molecule has 17 heavy (non-hydrogen) atoms. The van der Waals surface area contributed by atoms with Crippen molar-refractivity contribution in [2.45, 2.75) is 16.8 Å². The maximum absolute atomic E-state index is 12.2. The predicted octanol–water partition coefficient (Wildman–Crippen LogP) is 2.27. The SMILES string of the molecule is Cc1cccc(S(=O)(=O)c2cc(Cl)ncn2)c1. The Labute approximate surface area is 104 Å². The highest BCUT2D eigenvalue weighted by Crippen LogP contribution is 2.20. The van der Waals surface area contributed by atoms with Crippen LogP contribution in [0.3, 0.4) is 0 Å². The highest BCUT2D eigenvalue weighted by Gasteiger charge is 2.19. The van der Waals surface area contributed by atoms with E-state index in [4.69, 9.17) is 11.6 Å². The number of nitrogens with zero attached hydrogens (tertiary/aromatic N) is 2. The van der Waals surface area contributed by atoms with E-state index in [0.29, 0.717) is 0 Å². The first-order valence-corrected chi connectivity index (χ1v) is 6.65. The molecule has 0 aliphatic heterocycles. The molecule has 2 rings (SSSR count). The summed E-state index contributed by atoms with van der Waals surface area (Å²) in [5, 5.41) is 0.00864. The van der Waals surface area contributed by atoms with Crippen LogP contribution in [0.25, 0.3) is 0 Å². The predicted molar refractivity (Wildman–Crippen MR) is 63.7 cm³/mol. The minimum absolute atomic E-state index is 0.0944. The number of rotatable bonds is 2. The maximum Gasteiger partial charge on any atom is 0.224 e. The third-order valence-corrected chi connectivity index (χ3v) is 4.04. The van der Waals surface area contributed by atoms with E-state index in [0.717, 1.165) is 11.9 Å². The summed E-state index contributed by atoms with van der Waals surface area (Å²) in [6.07, 6.45) is 1.13. The molecule has 0 saturated heterocycles. The van der Waals surface area contributed by atoms with Gasteiger partial charge < -0.3 is 0 Å². The van der Waals surface area contributed by atoms with E-state index in [1.165, 1.54) is 12.1 Å². The molecule has 0 amide bonds. The summed E-state index contributed by atoms with van der Waals surface area (Å²) in [4.78, 5) is 7.59. The van der Waals surface area contributed by atoms with Crippen molar-refractivity contribution in [3.8, 4) is 0 Å². The summed E-state index contributed by atoms with van der Waals surface area (Å²) in [6.45, 7) is 1.83. The van der Waals surface area contributed by atoms with E-state index < -0.39 is 9.84 Å². The van der Waals surface area contributed by atoms with Gasteiger partial charge in [0, 0.05) is 6.07 Å². The second-order valence-electron chi connectivity index (χ2n) is 3.50. The van der Waals surface area contributed by atoms with Gasteiger partial charge in [0.15, 0.2) is 5.03 Å².